The first-order valence-corrected chi connectivity index (χ1v) is 5.43. The lowest BCUT2D eigenvalue weighted by molar-refractivity contribution is 0.0911. The summed E-state index contributed by atoms with van der Waals surface area (Å²) in [5.74, 6) is 0.258. The van der Waals surface area contributed by atoms with Crippen LogP contribution in [0.15, 0.2) is 6.07 Å². The van der Waals surface area contributed by atoms with Gasteiger partial charge in [0.05, 0.1) is 0 Å². The Hall–Kier alpha value is -1.56. The van der Waals surface area contributed by atoms with E-state index in [1.54, 1.807) is 0 Å². The molecule has 0 aromatic carbocycles. The van der Waals surface area contributed by atoms with Crippen LogP contribution in [0.2, 0.25) is 0 Å². The molecule has 1 aliphatic rings. The number of nitrogens with one attached hydrogen (secondary N) is 2. The molecule has 6 nitrogen and oxygen atoms in total. The fourth-order valence-electron chi connectivity index (χ4n) is 2.15. The third-order valence-corrected chi connectivity index (χ3v) is 3.05. The van der Waals surface area contributed by atoms with Gasteiger partial charge in [0.1, 0.15) is 11.5 Å². The van der Waals surface area contributed by atoms with Gasteiger partial charge in [0.2, 0.25) is 0 Å². The summed E-state index contributed by atoms with van der Waals surface area (Å²) in [6.07, 6.45) is 2.93. The van der Waals surface area contributed by atoms with Crippen LogP contribution in [-0.2, 0) is 0 Å². The monoisotopic (exact) mass is 224 g/mol. The van der Waals surface area contributed by atoms with Gasteiger partial charge in [-0.3, -0.25) is 9.89 Å². The number of nitrogen functional groups attached to an aromatic ring is 1. The molecule has 1 aliphatic carbocycles. The van der Waals surface area contributed by atoms with Crippen molar-refractivity contribution in [2.45, 2.75) is 25.3 Å². The molecule has 1 fully saturated rings. The van der Waals surface area contributed by atoms with E-state index in [0.717, 1.165) is 19.3 Å². The summed E-state index contributed by atoms with van der Waals surface area (Å²) in [7, 11) is 0. The molecule has 5 N–H and O–H groups in total. The van der Waals surface area contributed by atoms with Crippen molar-refractivity contribution in [2.24, 2.45) is 5.92 Å². The summed E-state index contributed by atoms with van der Waals surface area (Å²) in [5, 5.41) is 18.3. The van der Waals surface area contributed by atoms with Gasteiger partial charge >= 0.3 is 0 Å². The topological polar surface area (TPSA) is 104 Å². The summed E-state index contributed by atoms with van der Waals surface area (Å²) >= 11 is 0. The smallest absolute Gasteiger partial charge is 0.269 e. The van der Waals surface area contributed by atoms with Crippen molar-refractivity contribution >= 4 is 11.7 Å². The van der Waals surface area contributed by atoms with E-state index in [-0.39, 0.29) is 24.5 Å². The molecule has 0 aliphatic heterocycles. The molecule has 1 aromatic heterocycles. The minimum Gasteiger partial charge on any atom is -0.396 e. The second-order valence-corrected chi connectivity index (χ2v) is 4.16. The van der Waals surface area contributed by atoms with E-state index in [1.807, 2.05) is 0 Å². The van der Waals surface area contributed by atoms with Gasteiger partial charge in [-0.2, -0.15) is 5.10 Å². The predicted octanol–water partition coefficient (Wildman–Crippen LogP) is -0.117. The molecule has 0 bridgehead atoms. The summed E-state index contributed by atoms with van der Waals surface area (Å²) in [5.41, 5.74) is 5.78. The van der Waals surface area contributed by atoms with E-state index >= 15 is 0 Å². The Bertz CT molecular complexity index is 377. The zero-order valence-electron chi connectivity index (χ0n) is 8.94. The van der Waals surface area contributed by atoms with Crippen molar-refractivity contribution < 1.29 is 9.90 Å². The second-order valence-electron chi connectivity index (χ2n) is 4.16. The van der Waals surface area contributed by atoms with Gasteiger partial charge in [-0.1, -0.05) is 6.42 Å². The standard InChI is InChI=1S/C10H16N4O2/c11-9-4-8(13-14-9)10(16)12-7-3-1-2-6(7)5-15/h4,6-7,15H,1-3,5H2,(H,12,16)(H3,11,13,14). The lowest BCUT2D eigenvalue weighted by Crippen LogP contribution is -2.38. The maximum atomic E-state index is 11.8. The fourth-order valence-corrected chi connectivity index (χ4v) is 2.15. The molecule has 1 saturated carbocycles. The average molecular weight is 224 g/mol. The number of amides is 1. The van der Waals surface area contributed by atoms with E-state index in [9.17, 15) is 4.79 Å². The molecule has 0 spiro atoms. The first kappa shape index (κ1) is 10.9. The summed E-state index contributed by atoms with van der Waals surface area (Å²) in [6, 6.07) is 1.56. The number of carbonyl (C=O) groups excluding carboxylic acids is 1. The van der Waals surface area contributed by atoms with Crippen LogP contribution in [0, 0.1) is 5.92 Å². The first-order chi connectivity index (χ1) is 7.70. The molecule has 2 unspecified atom stereocenters. The van der Waals surface area contributed by atoms with Crippen LogP contribution in [-0.4, -0.2) is 33.9 Å². The summed E-state index contributed by atoms with van der Waals surface area (Å²) < 4.78 is 0. The van der Waals surface area contributed by atoms with Crippen LogP contribution < -0.4 is 11.1 Å². The molecule has 2 rings (SSSR count). The largest absolute Gasteiger partial charge is 0.396 e. The molecule has 0 saturated heterocycles. The molecule has 88 valence electrons. The number of nitrogens with two attached hydrogens (primary N) is 1. The van der Waals surface area contributed by atoms with Crippen molar-refractivity contribution in [1.29, 1.82) is 0 Å². The van der Waals surface area contributed by atoms with E-state index in [0.29, 0.717) is 11.5 Å². The molecule has 16 heavy (non-hydrogen) atoms. The number of nitrogens with zero attached hydrogens (tertiary/aromatic N) is 1. The zero-order chi connectivity index (χ0) is 11.5. The molecular weight excluding hydrogens is 208 g/mol. The van der Waals surface area contributed by atoms with E-state index in [1.165, 1.54) is 6.07 Å². The quantitative estimate of drug-likeness (QED) is 0.574. The van der Waals surface area contributed by atoms with Crippen LogP contribution in [0.4, 0.5) is 5.82 Å². The van der Waals surface area contributed by atoms with Gasteiger partial charge in [-0.25, -0.2) is 0 Å². The summed E-state index contributed by atoms with van der Waals surface area (Å²) in [4.78, 5) is 11.8. The van der Waals surface area contributed by atoms with Gasteiger partial charge in [0.15, 0.2) is 0 Å². The number of carbonyl (C=O) groups is 1. The highest BCUT2D eigenvalue weighted by Gasteiger charge is 2.28. The molecule has 2 atom stereocenters. The Kier molecular flexibility index (Phi) is 3.09. The number of hydrogen-bond acceptors (Lipinski definition) is 4. The third kappa shape index (κ3) is 2.16. The molecule has 0 radical (unpaired) electrons. The Morgan fingerprint density at radius 2 is 2.50 bits per heavy atom. The number of aromatic amines is 1. The number of rotatable bonds is 3. The van der Waals surface area contributed by atoms with Crippen LogP contribution in [0.1, 0.15) is 29.8 Å². The highest BCUT2D eigenvalue weighted by atomic mass is 16.3. The maximum absolute atomic E-state index is 11.8. The van der Waals surface area contributed by atoms with Crippen molar-refractivity contribution in [3.8, 4) is 0 Å². The first-order valence-electron chi connectivity index (χ1n) is 5.43. The fraction of sp³-hybridized carbons (Fsp3) is 0.600. The van der Waals surface area contributed by atoms with E-state index in [2.05, 4.69) is 15.5 Å². The zero-order valence-corrected chi connectivity index (χ0v) is 8.94. The summed E-state index contributed by atoms with van der Waals surface area (Å²) in [6.45, 7) is 0.121. The average Bonchev–Trinajstić information content (AvgIpc) is 2.86. The number of aliphatic hydroxyl groups is 1. The Labute approximate surface area is 93.2 Å². The van der Waals surface area contributed by atoms with Gasteiger partial charge < -0.3 is 16.2 Å². The number of aliphatic hydroxyl groups excluding tert-OH is 1. The van der Waals surface area contributed by atoms with Crippen molar-refractivity contribution in [1.82, 2.24) is 15.5 Å². The van der Waals surface area contributed by atoms with Gasteiger partial charge in [-0.05, 0) is 12.8 Å². The molecule has 1 heterocycles. The molecule has 1 amide bonds. The number of hydrogen-bond donors (Lipinski definition) is 4. The second kappa shape index (κ2) is 4.52. The third-order valence-electron chi connectivity index (χ3n) is 3.05. The van der Waals surface area contributed by atoms with Gasteiger partial charge in [0.25, 0.3) is 5.91 Å². The van der Waals surface area contributed by atoms with Crippen LogP contribution >= 0.6 is 0 Å². The lowest BCUT2D eigenvalue weighted by atomic mass is 10.1. The van der Waals surface area contributed by atoms with Gasteiger partial charge in [0, 0.05) is 24.6 Å². The highest BCUT2D eigenvalue weighted by Crippen LogP contribution is 2.25. The molecule has 6 heteroatoms. The minimum atomic E-state index is -0.213. The Morgan fingerprint density at radius 1 is 1.69 bits per heavy atom. The highest BCUT2D eigenvalue weighted by molar-refractivity contribution is 5.93. The normalized spacial score (nSPS) is 24.6. The van der Waals surface area contributed by atoms with E-state index in [4.69, 9.17) is 10.8 Å². The van der Waals surface area contributed by atoms with Gasteiger partial charge in [-0.15, -0.1) is 0 Å². The Balaban J connectivity index is 1.97. The van der Waals surface area contributed by atoms with E-state index < -0.39 is 0 Å². The number of anilines is 1. The van der Waals surface area contributed by atoms with Crippen molar-refractivity contribution in [3.63, 3.8) is 0 Å². The van der Waals surface area contributed by atoms with Crippen molar-refractivity contribution in [2.75, 3.05) is 12.3 Å². The Morgan fingerprint density at radius 3 is 3.12 bits per heavy atom. The molecular formula is C10H16N4O2. The SMILES string of the molecule is Nc1cc(C(=O)NC2CCCC2CO)[nH]n1. The number of H-pyrrole nitrogens is 1. The predicted molar refractivity (Wildman–Crippen MR) is 58.7 cm³/mol. The van der Waals surface area contributed by atoms with Crippen LogP contribution in [0.25, 0.3) is 0 Å². The van der Waals surface area contributed by atoms with Crippen LogP contribution in [0.3, 0.4) is 0 Å². The minimum absolute atomic E-state index is 0.0574. The molecule has 1 aromatic rings. The maximum Gasteiger partial charge on any atom is 0.269 e. The lowest BCUT2D eigenvalue weighted by Gasteiger charge is -2.18. The van der Waals surface area contributed by atoms with Crippen LogP contribution in [0.5, 0.6) is 0 Å². The number of aromatic nitrogens is 2. The van der Waals surface area contributed by atoms with Crippen molar-refractivity contribution in [3.05, 3.63) is 11.8 Å².